The van der Waals surface area contributed by atoms with Crippen molar-refractivity contribution in [1.29, 1.82) is 0 Å². The van der Waals surface area contributed by atoms with Crippen LogP contribution in [0.3, 0.4) is 0 Å². The minimum Gasteiger partial charge on any atom is -0.394 e. The fourth-order valence-corrected chi connectivity index (χ4v) is 1.49. The van der Waals surface area contributed by atoms with Crippen molar-refractivity contribution in [2.75, 3.05) is 6.61 Å². The first kappa shape index (κ1) is 10.2. The fraction of sp³-hybridized carbons (Fsp3) is 0.778. The van der Waals surface area contributed by atoms with E-state index in [4.69, 9.17) is 5.11 Å². The van der Waals surface area contributed by atoms with Gasteiger partial charge < -0.3 is 5.11 Å². The average Bonchev–Trinajstić information content (AvgIpc) is 2.30. The summed E-state index contributed by atoms with van der Waals surface area (Å²) in [4.78, 5) is 24.2. The molecule has 4 heteroatoms. The molecule has 74 valence electrons. The van der Waals surface area contributed by atoms with E-state index in [-0.39, 0.29) is 30.3 Å². The van der Waals surface area contributed by atoms with Crippen LogP contribution in [0.1, 0.15) is 20.8 Å². The third-order valence-electron chi connectivity index (χ3n) is 2.71. The van der Waals surface area contributed by atoms with E-state index >= 15 is 0 Å². The molecular weight excluding hydrogens is 170 g/mol. The van der Waals surface area contributed by atoms with Crippen LogP contribution in [0.15, 0.2) is 0 Å². The highest BCUT2D eigenvalue weighted by molar-refractivity contribution is 6.05. The molecule has 0 aromatic rings. The summed E-state index contributed by atoms with van der Waals surface area (Å²) in [5.41, 5.74) is 0. The van der Waals surface area contributed by atoms with Crippen molar-refractivity contribution < 1.29 is 14.7 Å². The van der Waals surface area contributed by atoms with Crippen molar-refractivity contribution in [3.05, 3.63) is 0 Å². The molecule has 3 atom stereocenters. The predicted molar refractivity (Wildman–Crippen MR) is 46.7 cm³/mol. The van der Waals surface area contributed by atoms with Gasteiger partial charge in [0.25, 0.3) is 0 Å². The molecule has 1 N–H and O–H groups in total. The molecule has 1 saturated heterocycles. The molecule has 2 unspecified atom stereocenters. The number of carbonyl (C=O) groups excluding carboxylic acids is 2. The molecule has 4 nitrogen and oxygen atoms in total. The molecule has 0 aromatic heterocycles. The van der Waals surface area contributed by atoms with Crippen molar-refractivity contribution in [3.63, 3.8) is 0 Å². The first-order valence-electron chi connectivity index (χ1n) is 4.48. The number of likely N-dealkylation sites (tertiary alicyclic amines) is 1. The smallest absolute Gasteiger partial charge is 0.233 e. The maximum Gasteiger partial charge on any atom is 0.233 e. The highest BCUT2D eigenvalue weighted by Crippen LogP contribution is 2.26. The predicted octanol–water partition coefficient (Wildman–Crippen LogP) is 0.00820. The number of rotatable bonds is 2. The summed E-state index contributed by atoms with van der Waals surface area (Å²) in [5, 5.41) is 8.86. The normalized spacial score (nSPS) is 31.2. The molecule has 1 rings (SSSR count). The monoisotopic (exact) mass is 185 g/mol. The van der Waals surface area contributed by atoms with Crippen molar-refractivity contribution >= 4 is 11.8 Å². The van der Waals surface area contributed by atoms with Crippen LogP contribution in [0, 0.1) is 11.8 Å². The molecule has 0 bridgehead atoms. The Labute approximate surface area is 77.5 Å². The van der Waals surface area contributed by atoms with E-state index in [0.717, 1.165) is 0 Å². The number of aliphatic hydroxyl groups is 1. The van der Waals surface area contributed by atoms with Gasteiger partial charge in [0.2, 0.25) is 11.8 Å². The zero-order valence-electron chi connectivity index (χ0n) is 8.15. The highest BCUT2D eigenvalue weighted by Gasteiger charge is 2.43. The number of amides is 2. The molecule has 0 spiro atoms. The topological polar surface area (TPSA) is 57.6 Å². The summed E-state index contributed by atoms with van der Waals surface area (Å²) in [5.74, 6) is -0.832. The van der Waals surface area contributed by atoms with Gasteiger partial charge in [-0.15, -0.1) is 0 Å². The van der Waals surface area contributed by atoms with E-state index in [1.54, 1.807) is 20.8 Å². The van der Waals surface area contributed by atoms with Gasteiger partial charge in [0.1, 0.15) is 0 Å². The Morgan fingerprint density at radius 1 is 1.31 bits per heavy atom. The number of hydrogen-bond acceptors (Lipinski definition) is 3. The molecular formula is C9H15NO3. The van der Waals surface area contributed by atoms with Gasteiger partial charge in [0.05, 0.1) is 12.6 Å². The minimum absolute atomic E-state index is 0.168. The Morgan fingerprint density at radius 2 is 1.69 bits per heavy atom. The summed E-state index contributed by atoms with van der Waals surface area (Å²) >= 11 is 0. The lowest BCUT2D eigenvalue weighted by molar-refractivity contribution is -0.143. The number of carbonyl (C=O) groups is 2. The number of imide groups is 1. The van der Waals surface area contributed by atoms with Crippen LogP contribution in [0.4, 0.5) is 0 Å². The number of aliphatic hydroxyl groups excluding tert-OH is 1. The van der Waals surface area contributed by atoms with E-state index < -0.39 is 6.04 Å². The Hall–Kier alpha value is -0.900. The zero-order chi connectivity index (χ0) is 10.2. The second kappa shape index (κ2) is 3.46. The van der Waals surface area contributed by atoms with Gasteiger partial charge in [-0.1, -0.05) is 13.8 Å². The summed E-state index contributed by atoms with van der Waals surface area (Å²) in [7, 11) is 0. The van der Waals surface area contributed by atoms with E-state index in [2.05, 4.69) is 0 Å². The maximum atomic E-state index is 11.5. The Kier molecular flexibility index (Phi) is 2.71. The molecule has 2 amide bonds. The number of hydrogen-bond donors (Lipinski definition) is 1. The van der Waals surface area contributed by atoms with E-state index in [1.165, 1.54) is 4.90 Å². The Balaban J connectivity index is 2.87. The van der Waals surface area contributed by atoms with Crippen LogP contribution < -0.4 is 0 Å². The van der Waals surface area contributed by atoms with Gasteiger partial charge in [0, 0.05) is 11.8 Å². The third-order valence-corrected chi connectivity index (χ3v) is 2.71. The lowest BCUT2D eigenvalue weighted by Gasteiger charge is -2.20. The second-order valence-corrected chi connectivity index (χ2v) is 3.66. The quantitative estimate of drug-likeness (QED) is 0.616. The fourth-order valence-electron chi connectivity index (χ4n) is 1.49. The van der Waals surface area contributed by atoms with Gasteiger partial charge in [-0.2, -0.15) is 0 Å². The third kappa shape index (κ3) is 1.46. The van der Waals surface area contributed by atoms with E-state index in [9.17, 15) is 9.59 Å². The van der Waals surface area contributed by atoms with Gasteiger partial charge >= 0.3 is 0 Å². The number of nitrogens with zero attached hydrogens (tertiary/aromatic N) is 1. The van der Waals surface area contributed by atoms with E-state index in [0.29, 0.717) is 0 Å². The van der Waals surface area contributed by atoms with Gasteiger partial charge in [-0.25, -0.2) is 0 Å². The standard InChI is InChI=1S/C9H15NO3/c1-5(4-11)10-8(12)6(2)7(3)9(10)13/h5-7,11H,4H2,1-3H3/t5-,6?,7?/m1/s1. The molecule has 0 aromatic carbocycles. The summed E-state index contributed by atoms with van der Waals surface area (Å²) < 4.78 is 0. The molecule has 1 heterocycles. The molecule has 1 fully saturated rings. The maximum absolute atomic E-state index is 11.5. The first-order chi connectivity index (χ1) is 6.00. The van der Waals surface area contributed by atoms with Gasteiger partial charge in [-0.3, -0.25) is 14.5 Å². The van der Waals surface area contributed by atoms with Crippen LogP contribution in [-0.2, 0) is 9.59 Å². The molecule has 0 radical (unpaired) electrons. The second-order valence-electron chi connectivity index (χ2n) is 3.66. The van der Waals surface area contributed by atoms with Crippen molar-refractivity contribution in [3.8, 4) is 0 Å². The van der Waals surface area contributed by atoms with Crippen molar-refractivity contribution in [1.82, 2.24) is 4.90 Å². The Morgan fingerprint density at radius 3 is 2.00 bits per heavy atom. The van der Waals surface area contributed by atoms with Crippen LogP contribution in [0.25, 0.3) is 0 Å². The summed E-state index contributed by atoms with van der Waals surface area (Å²) in [6.45, 7) is 4.99. The van der Waals surface area contributed by atoms with Crippen LogP contribution >= 0.6 is 0 Å². The first-order valence-corrected chi connectivity index (χ1v) is 4.48. The minimum atomic E-state index is -0.396. The van der Waals surface area contributed by atoms with Crippen LogP contribution in [0.2, 0.25) is 0 Å². The van der Waals surface area contributed by atoms with Gasteiger partial charge in [0.15, 0.2) is 0 Å². The van der Waals surface area contributed by atoms with Gasteiger partial charge in [-0.05, 0) is 6.92 Å². The highest BCUT2D eigenvalue weighted by atomic mass is 16.3. The van der Waals surface area contributed by atoms with Crippen molar-refractivity contribution in [2.24, 2.45) is 11.8 Å². The SMILES string of the molecule is CC1C(=O)N([C@H](C)CO)C(=O)C1C. The molecule has 1 aliphatic heterocycles. The summed E-state index contributed by atoms with van der Waals surface area (Å²) in [6.07, 6.45) is 0. The average molecular weight is 185 g/mol. The van der Waals surface area contributed by atoms with Crippen LogP contribution in [-0.4, -0.2) is 34.5 Å². The molecule has 13 heavy (non-hydrogen) atoms. The van der Waals surface area contributed by atoms with Crippen LogP contribution in [0.5, 0.6) is 0 Å². The lowest BCUT2D eigenvalue weighted by Crippen LogP contribution is -2.40. The molecule has 0 aliphatic carbocycles. The molecule has 0 saturated carbocycles. The molecule has 1 aliphatic rings. The largest absolute Gasteiger partial charge is 0.394 e. The van der Waals surface area contributed by atoms with E-state index in [1.807, 2.05) is 0 Å². The Bertz CT molecular complexity index is 219. The van der Waals surface area contributed by atoms with Crippen molar-refractivity contribution in [2.45, 2.75) is 26.8 Å². The summed E-state index contributed by atoms with van der Waals surface area (Å²) in [6, 6.07) is -0.396. The lowest BCUT2D eigenvalue weighted by atomic mass is 10.00. The zero-order valence-corrected chi connectivity index (χ0v) is 8.15.